The van der Waals surface area contributed by atoms with Crippen molar-refractivity contribution in [2.75, 3.05) is 20.3 Å². The summed E-state index contributed by atoms with van der Waals surface area (Å²) in [7, 11) is 1.65. The van der Waals surface area contributed by atoms with Gasteiger partial charge < -0.3 is 9.64 Å². The molecule has 1 amide bonds. The number of amides is 1. The normalized spacial score (nSPS) is 11.5. The van der Waals surface area contributed by atoms with Crippen molar-refractivity contribution in [3.8, 4) is 0 Å². The summed E-state index contributed by atoms with van der Waals surface area (Å²) in [6.07, 6.45) is 6.84. The van der Waals surface area contributed by atoms with Gasteiger partial charge in [0.1, 0.15) is 0 Å². The van der Waals surface area contributed by atoms with Crippen molar-refractivity contribution in [1.29, 1.82) is 0 Å². The first-order valence-corrected chi connectivity index (χ1v) is 8.39. The summed E-state index contributed by atoms with van der Waals surface area (Å²) < 4.78 is 5.13. The third kappa shape index (κ3) is 4.61. The van der Waals surface area contributed by atoms with Crippen LogP contribution in [0.2, 0.25) is 0 Å². The summed E-state index contributed by atoms with van der Waals surface area (Å²) >= 11 is 0. The summed E-state index contributed by atoms with van der Waals surface area (Å²) in [4.78, 5) is 23.3. The topological polar surface area (TPSA) is 55.3 Å². The third-order valence-corrected chi connectivity index (χ3v) is 4.07. The maximum atomic E-state index is 12.6. The van der Waals surface area contributed by atoms with Crippen LogP contribution in [0, 0.1) is 0 Å². The molecule has 0 unspecified atom stereocenters. The van der Waals surface area contributed by atoms with Crippen molar-refractivity contribution in [2.45, 2.75) is 32.7 Å². The number of fused-ring (bicyclic) bond motifs is 1. The largest absolute Gasteiger partial charge is 0.383 e. The van der Waals surface area contributed by atoms with E-state index in [0.717, 1.165) is 23.9 Å². The fourth-order valence-corrected chi connectivity index (χ4v) is 2.70. The minimum Gasteiger partial charge on any atom is -0.383 e. The first-order valence-electron chi connectivity index (χ1n) is 8.39. The second kappa shape index (κ2) is 9.13. The fourth-order valence-electron chi connectivity index (χ4n) is 2.70. The molecule has 0 N–H and O–H groups in total. The highest BCUT2D eigenvalue weighted by Gasteiger charge is 2.18. The van der Waals surface area contributed by atoms with Gasteiger partial charge in [-0.1, -0.05) is 26.0 Å². The minimum atomic E-state index is -0.0179. The molecule has 128 valence electrons. The van der Waals surface area contributed by atoms with Crippen LogP contribution in [0.15, 0.2) is 36.5 Å². The van der Waals surface area contributed by atoms with Crippen molar-refractivity contribution in [1.82, 2.24) is 14.9 Å². The molecule has 0 aliphatic carbocycles. The van der Waals surface area contributed by atoms with Gasteiger partial charge in [-0.25, -0.2) is 4.98 Å². The van der Waals surface area contributed by atoms with Gasteiger partial charge in [-0.3, -0.25) is 9.78 Å². The van der Waals surface area contributed by atoms with Gasteiger partial charge in [-0.2, -0.15) is 0 Å². The molecule has 0 bridgehead atoms. The van der Waals surface area contributed by atoms with Crippen LogP contribution < -0.4 is 0 Å². The van der Waals surface area contributed by atoms with Gasteiger partial charge in [0.05, 0.1) is 29.5 Å². The first kappa shape index (κ1) is 18.1. The standard InChI is InChI=1S/C19H25N3O2/c1-4-16(5-2)22(12-13-24-3)19(23)11-10-15-14-20-17-8-6-7-9-18(17)21-15/h6-11,14,16H,4-5,12-13H2,1-3H3. The molecule has 0 aliphatic heterocycles. The van der Waals surface area contributed by atoms with Crippen LogP contribution in [-0.2, 0) is 9.53 Å². The Bertz CT molecular complexity index is 696. The molecule has 1 heterocycles. The molecular formula is C19H25N3O2. The number of benzene rings is 1. The Morgan fingerprint density at radius 3 is 2.62 bits per heavy atom. The molecule has 0 saturated carbocycles. The van der Waals surface area contributed by atoms with E-state index in [1.807, 2.05) is 29.2 Å². The molecule has 0 saturated heterocycles. The summed E-state index contributed by atoms with van der Waals surface area (Å²) in [5.74, 6) is -0.0179. The summed E-state index contributed by atoms with van der Waals surface area (Å²) in [6, 6.07) is 7.91. The highest BCUT2D eigenvalue weighted by Crippen LogP contribution is 2.12. The summed E-state index contributed by atoms with van der Waals surface area (Å²) in [5, 5.41) is 0. The van der Waals surface area contributed by atoms with E-state index in [9.17, 15) is 4.79 Å². The SMILES string of the molecule is CCC(CC)N(CCOC)C(=O)C=Cc1cnc2ccccc2n1. The van der Waals surface area contributed by atoms with Gasteiger partial charge in [-0.15, -0.1) is 0 Å². The van der Waals surface area contributed by atoms with Gasteiger partial charge in [0.15, 0.2) is 0 Å². The highest BCUT2D eigenvalue weighted by molar-refractivity contribution is 5.92. The number of aromatic nitrogens is 2. The quantitative estimate of drug-likeness (QED) is 0.698. The summed E-state index contributed by atoms with van der Waals surface area (Å²) in [6.45, 7) is 5.32. The lowest BCUT2D eigenvalue weighted by atomic mass is 10.1. The zero-order valence-corrected chi connectivity index (χ0v) is 14.6. The molecule has 2 rings (SSSR count). The van der Waals surface area contributed by atoms with Gasteiger partial charge in [0, 0.05) is 25.8 Å². The Balaban J connectivity index is 2.15. The molecule has 0 fully saturated rings. The zero-order valence-electron chi connectivity index (χ0n) is 14.6. The maximum Gasteiger partial charge on any atom is 0.246 e. The molecule has 1 aromatic carbocycles. The van der Waals surface area contributed by atoms with Crippen LogP contribution in [0.4, 0.5) is 0 Å². The average molecular weight is 327 g/mol. The number of hydrogen-bond donors (Lipinski definition) is 0. The monoisotopic (exact) mass is 327 g/mol. The molecule has 24 heavy (non-hydrogen) atoms. The molecule has 0 spiro atoms. The van der Waals surface area contributed by atoms with Crippen LogP contribution in [0.5, 0.6) is 0 Å². The number of carbonyl (C=O) groups excluding carboxylic acids is 1. The number of para-hydroxylation sites is 2. The van der Waals surface area contributed by atoms with Crippen LogP contribution in [0.25, 0.3) is 17.1 Å². The smallest absolute Gasteiger partial charge is 0.246 e. The van der Waals surface area contributed by atoms with E-state index in [2.05, 4.69) is 23.8 Å². The number of ether oxygens (including phenoxy) is 1. The van der Waals surface area contributed by atoms with Gasteiger partial charge in [-0.05, 0) is 31.1 Å². The molecule has 5 heteroatoms. The minimum absolute atomic E-state index is 0.0179. The van der Waals surface area contributed by atoms with Crippen LogP contribution in [-0.4, -0.2) is 47.1 Å². The Morgan fingerprint density at radius 1 is 1.25 bits per heavy atom. The number of carbonyl (C=O) groups is 1. The molecule has 2 aromatic rings. The fraction of sp³-hybridized carbons (Fsp3) is 0.421. The molecule has 0 atom stereocenters. The number of hydrogen-bond acceptors (Lipinski definition) is 4. The van der Waals surface area contributed by atoms with Crippen molar-refractivity contribution in [2.24, 2.45) is 0 Å². The second-order valence-electron chi connectivity index (χ2n) is 5.61. The Morgan fingerprint density at radius 2 is 1.96 bits per heavy atom. The van der Waals surface area contributed by atoms with Gasteiger partial charge in [0.2, 0.25) is 5.91 Å². The van der Waals surface area contributed by atoms with Crippen LogP contribution in [0.3, 0.4) is 0 Å². The predicted octanol–water partition coefficient (Wildman–Crippen LogP) is 3.31. The highest BCUT2D eigenvalue weighted by atomic mass is 16.5. The zero-order chi connectivity index (χ0) is 17.4. The summed E-state index contributed by atoms with van der Waals surface area (Å²) in [5.41, 5.74) is 2.35. The molecule has 0 aliphatic rings. The van der Waals surface area contributed by atoms with Gasteiger partial charge >= 0.3 is 0 Å². The van der Waals surface area contributed by atoms with E-state index in [-0.39, 0.29) is 11.9 Å². The van der Waals surface area contributed by atoms with Crippen LogP contribution >= 0.6 is 0 Å². The molecule has 0 radical (unpaired) electrons. The van der Waals surface area contributed by atoms with E-state index < -0.39 is 0 Å². The van der Waals surface area contributed by atoms with E-state index in [4.69, 9.17) is 4.74 Å². The third-order valence-electron chi connectivity index (χ3n) is 4.07. The van der Waals surface area contributed by atoms with Crippen molar-refractivity contribution < 1.29 is 9.53 Å². The van der Waals surface area contributed by atoms with E-state index in [1.54, 1.807) is 25.5 Å². The van der Waals surface area contributed by atoms with E-state index in [0.29, 0.717) is 18.8 Å². The number of nitrogens with zero attached hydrogens (tertiary/aromatic N) is 3. The molecular weight excluding hydrogens is 302 g/mol. The lowest BCUT2D eigenvalue weighted by Crippen LogP contribution is -2.40. The van der Waals surface area contributed by atoms with Crippen molar-refractivity contribution >= 4 is 23.0 Å². The lowest BCUT2D eigenvalue weighted by Gasteiger charge is -2.29. The Hall–Kier alpha value is -2.27. The maximum absolute atomic E-state index is 12.6. The van der Waals surface area contributed by atoms with Gasteiger partial charge in [0.25, 0.3) is 0 Å². The Kier molecular flexibility index (Phi) is 6.88. The Labute approximate surface area is 143 Å². The number of rotatable bonds is 8. The second-order valence-corrected chi connectivity index (χ2v) is 5.61. The molecule has 1 aromatic heterocycles. The first-order chi connectivity index (χ1) is 11.7. The molecule has 5 nitrogen and oxygen atoms in total. The van der Waals surface area contributed by atoms with Crippen molar-refractivity contribution in [3.05, 3.63) is 42.2 Å². The van der Waals surface area contributed by atoms with Crippen LogP contribution in [0.1, 0.15) is 32.4 Å². The lowest BCUT2D eigenvalue weighted by molar-refractivity contribution is -0.129. The number of methoxy groups -OCH3 is 1. The predicted molar refractivity (Wildman–Crippen MR) is 96.5 cm³/mol. The van der Waals surface area contributed by atoms with E-state index >= 15 is 0 Å². The van der Waals surface area contributed by atoms with Crippen molar-refractivity contribution in [3.63, 3.8) is 0 Å². The average Bonchev–Trinajstić information content (AvgIpc) is 2.63. The van der Waals surface area contributed by atoms with E-state index in [1.165, 1.54) is 0 Å².